The molecule has 1 aliphatic heterocycles. The monoisotopic (exact) mass is 363 g/mol. The lowest BCUT2D eigenvalue weighted by molar-refractivity contribution is -0.171. The summed E-state index contributed by atoms with van der Waals surface area (Å²) in [5.74, 6) is -2.47. The zero-order valence-electron chi connectivity index (χ0n) is 13.4. The van der Waals surface area contributed by atoms with Crippen molar-refractivity contribution in [2.45, 2.75) is 31.1 Å². The Bertz CT molecular complexity index is 575. The van der Waals surface area contributed by atoms with Crippen LogP contribution in [0, 0.1) is 5.92 Å². The highest BCUT2D eigenvalue weighted by Gasteiger charge is 2.45. The molecule has 1 aliphatic rings. The third-order valence-corrected chi connectivity index (χ3v) is 4.81. The summed E-state index contributed by atoms with van der Waals surface area (Å²) in [5, 5.41) is 8.48. The number of amides is 2. The van der Waals surface area contributed by atoms with Crippen molar-refractivity contribution < 1.29 is 22.8 Å². The van der Waals surface area contributed by atoms with Gasteiger partial charge in [-0.1, -0.05) is 0 Å². The molecule has 2 amide bonds. The Kier molecular flexibility index (Phi) is 5.87. The predicted molar refractivity (Wildman–Crippen MR) is 84.5 cm³/mol. The van der Waals surface area contributed by atoms with Crippen LogP contribution in [0.4, 0.5) is 13.2 Å². The summed E-state index contributed by atoms with van der Waals surface area (Å²) in [6, 6.07) is 0.0204. The second-order valence-electron chi connectivity index (χ2n) is 6.01. The molecule has 24 heavy (non-hydrogen) atoms. The van der Waals surface area contributed by atoms with Crippen LogP contribution in [0.2, 0.25) is 0 Å². The fraction of sp³-hybridized carbons (Fsp3) is 0.600. The minimum atomic E-state index is -4.48. The first-order chi connectivity index (χ1) is 11.2. The SMILES string of the molecule is CN(C)C(CNC(=O)C1CCC(C(F)(F)F)NC1=O)c1ccsc1. The van der Waals surface area contributed by atoms with Crippen molar-refractivity contribution in [3.8, 4) is 0 Å². The Morgan fingerprint density at radius 2 is 2.17 bits per heavy atom. The summed E-state index contributed by atoms with van der Waals surface area (Å²) in [7, 11) is 3.74. The van der Waals surface area contributed by atoms with Crippen LogP contribution in [-0.2, 0) is 9.59 Å². The second kappa shape index (κ2) is 7.52. The van der Waals surface area contributed by atoms with Crippen LogP contribution in [0.5, 0.6) is 0 Å². The van der Waals surface area contributed by atoms with Gasteiger partial charge >= 0.3 is 6.18 Å². The molecule has 1 aromatic heterocycles. The molecular formula is C15H20F3N3O2S. The number of thiophene rings is 1. The number of hydrogen-bond acceptors (Lipinski definition) is 4. The van der Waals surface area contributed by atoms with Gasteiger partial charge in [0.1, 0.15) is 12.0 Å². The lowest BCUT2D eigenvalue weighted by Crippen LogP contribution is -2.54. The molecule has 1 fully saturated rings. The highest BCUT2D eigenvalue weighted by Crippen LogP contribution is 2.28. The van der Waals surface area contributed by atoms with E-state index in [2.05, 4.69) is 5.32 Å². The summed E-state index contributed by atoms with van der Waals surface area (Å²) in [6.45, 7) is 0.287. The first-order valence-corrected chi connectivity index (χ1v) is 8.47. The normalized spacial score (nSPS) is 23.0. The summed E-state index contributed by atoms with van der Waals surface area (Å²) in [6.07, 6.45) is -4.87. The van der Waals surface area contributed by atoms with Gasteiger partial charge in [-0.15, -0.1) is 0 Å². The van der Waals surface area contributed by atoms with E-state index in [9.17, 15) is 22.8 Å². The molecule has 0 saturated carbocycles. The molecule has 1 aromatic rings. The van der Waals surface area contributed by atoms with E-state index in [0.29, 0.717) is 0 Å². The van der Waals surface area contributed by atoms with Crippen molar-refractivity contribution in [1.29, 1.82) is 0 Å². The Morgan fingerprint density at radius 3 is 2.67 bits per heavy atom. The van der Waals surface area contributed by atoms with E-state index >= 15 is 0 Å². The van der Waals surface area contributed by atoms with E-state index in [1.54, 1.807) is 11.3 Å². The molecule has 3 unspecified atom stereocenters. The standard InChI is InChI=1S/C15H20F3N3O2S/c1-21(2)11(9-5-6-24-8-9)7-19-13(22)10-3-4-12(15(16,17)18)20-14(10)23/h5-6,8,10-12H,3-4,7H2,1-2H3,(H,19,22)(H,20,23). The molecule has 0 spiro atoms. The topological polar surface area (TPSA) is 61.4 Å². The van der Waals surface area contributed by atoms with Crippen LogP contribution >= 0.6 is 11.3 Å². The number of nitrogens with one attached hydrogen (secondary N) is 2. The maximum atomic E-state index is 12.6. The average Bonchev–Trinajstić information content (AvgIpc) is 2.99. The zero-order chi connectivity index (χ0) is 17.9. The lowest BCUT2D eigenvalue weighted by Gasteiger charge is -2.30. The number of piperidine rings is 1. The van der Waals surface area contributed by atoms with Gasteiger partial charge in [0, 0.05) is 6.54 Å². The molecule has 3 atom stereocenters. The molecule has 0 radical (unpaired) electrons. The quantitative estimate of drug-likeness (QED) is 0.786. The fourth-order valence-corrected chi connectivity index (χ4v) is 3.40. The van der Waals surface area contributed by atoms with Gasteiger partial charge in [0.15, 0.2) is 0 Å². The molecule has 0 aliphatic carbocycles. The van der Waals surface area contributed by atoms with Gasteiger partial charge in [0.25, 0.3) is 0 Å². The summed E-state index contributed by atoms with van der Waals surface area (Å²) in [5.41, 5.74) is 1.04. The Labute approximate surface area is 142 Å². The van der Waals surface area contributed by atoms with Crippen LogP contribution in [0.15, 0.2) is 16.8 Å². The fourth-order valence-electron chi connectivity index (χ4n) is 2.69. The molecule has 2 rings (SSSR count). The van der Waals surface area contributed by atoms with Gasteiger partial charge < -0.3 is 15.5 Å². The second-order valence-corrected chi connectivity index (χ2v) is 6.79. The number of rotatable bonds is 5. The zero-order valence-corrected chi connectivity index (χ0v) is 14.2. The van der Waals surface area contributed by atoms with Crippen LogP contribution in [-0.4, -0.2) is 49.6 Å². The summed E-state index contributed by atoms with van der Waals surface area (Å²) in [4.78, 5) is 25.9. The van der Waals surface area contributed by atoms with Crippen molar-refractivity contribution in [3.05, 3.63) is 22.4 Å². The molecule has 0 bridgehead atoms. The third-order valence-electron chi connectivity index (χ3n) is 4.11. The van der Waals surface area contributed by atoms with E-state index in [4.69, 9.17) is 0 Å². The number of halogens is 3. The largest absolute Gasteiger partial charge is 0.408 e. The number of carbonyl (C=O) groups excluding carboxylic acids is 2. The number of hydrogen-bond donors (Lipinski definition) is 2. The maximum Gasteiger partial charge on any atom is 0.408 e. The third kappa shape index (κ3) is 4.47. The number of carbonyl (C=O) groups is 2. The number of nitrogens with zero attached hydrogens (tertiary/aromatic N) is 1. The minimum absolute atomic E-state index is 0.0604. The Morgan fingerprint density at radius 1 is 1.46 bits per heavy atom. The smallest absolute Gasteiger partial charge is 0.353 e. The molecule has 9 heteroatoms. The van der Waals surface area contributed by atoms with Crippen molar-refractivity contribution >= 4 is 23.2 Å². The van der Waals surface area contributed by atoms with E-state index in [-0.39, 0.29) is 25.4 Å². The first kappa shape index (κ1) is 18.7. The molecular weight excluding hydrogens is 343 g/mol. The van der Waals surface area contributed by atoms with Crippen LogP contribution in [0.3, 0.4) is 0 Å². The van der Waals surface area contributed by atoms with Crippen molar-refractivity contribution in [3.63, 3.8) is 0 Å². The average molecular weight is 363 g/mol. The van der Waals surface area contributed by atoms with E-state index in [1.165, 1.54) is 0 Å². The summed E-state index contributed by atoms with van der Waals surface area (Å²) < 4.78 is 37.9. The van der Waals surface area contributed by atoms with Crippen LogP contribution in [0.25, 0.3) is 0 Å². The van der Waals surface area contributed by atoms with Gasteiger partial charge in [0.2, 0.25) is 11.8 Å². The van der Waals surface area contributed by atoms with E-state index in [1.807, 2.05) is 41.1 Å². The van der Waals surface area contributed by atoms with E-state index < -0.39 is 30.0 Å². The predicted octanol–water partition coefficient (Wildman–Crippen LogP) is 1.92. The lowest BCUT2D eigenvalue weighted by atomic mass is 9.92. The molecule has 134 valence electrons. The van der Waals surface area contributed by atoms with Crippen molar-refractivity contribution in [2.24, 2.45) is 5.92 Å². The van der Waals surface area contributed by atoms with Crippen molar-refractivity contribution in [1.82, 2.24) is 15.5 Å². The Hall–Kier alpha value is -1.61. The molecule has 2 N–H and O–H groups in total. The molecule has 2 heterocycles. The number of alkyl halides is 3. The van der Waals surface area contributed by atoms with Gasteiger partial charge in [-0.2, -0.15) is 24.5 Å². The number of likely N-dealkylation sites (N-methyl/N-ethyl adjacent to an activating group) is 1. The van der Waals surface area contributed by atoms with Gasteiger partial charge in [0.05, 0.1) is 6.04 Å². The van der Waals surface area contributed by atoms with Gasteiger partial charge in [-0.05, 0) is 49.3 Å². The Balaban J connectivity index is 1.92. The molecule has 5 nitrogen and oxygen atoms in total. The molecule has 1 saturated heterocycles. The first-order valence-electron chi connectivity index (χ1n) is 7.53. The summed E-state index contributed by atoms with van der Waals surface area (Å²) >= 11 is 1.54. The van der Waals surface area contributed by atoms with E-state index in [0.717, 1.165) is 5.56 Å². The highest BCUT2D eigenvalue weighted by atomic mass is 32.1. The van der Waals surface area contributed by atoms with Crippen molar-refractivity contribution in [2.75, 3.05) is 20.6 Å². The van der Waals surface area contributed by atoms with Crippen LogP contribution in [0.1, 0.15) is 24.4 Å². The minimum Gasteiger partial charge on any atom is -0.353 e. The van der Waals surface area contributed by atoms with Gasteiger partial charge in [-0.25, -0.2) is 0 Å². The maximum absolute atomic E-state index is 12.6. The highest BCUT2D eigenvalue weighted by molar-refractivity contribution is 7.07. The van der Waals surface area contributed by atoms with Gasteiger partial charge in [-0.3, -0.25) is 9.59 Å². The van der Waals surface area contributed by atoms with Crippen LogP contribution < -0.4 is 10.6 Å². The molecule has 0 aromatic carbocycles.